The number of pyridine rings is 1. The molecule has 4 rings (SSSR count). The maximum absolute atomic E-state index is 15.6. The largest absolute Gasteiger partial charge is 0.494 e. The van der Waals surface area contributed by atoms with Gasteiger partial charge in [-0.3, -0.25) is 4.57 Å². The Kier molecular flexibility index (Phi) is 8.92. The first-order valence-electron chi connectivity index (χ1n) is 12.0. The molecule has 3 heterocycles. The van der Waals surface area contributed by atoms with Gasteiger partial charge in [0.05, 0.1) is 14.2 Å². The lowest BCUT2D eigenvalue weighted by molar-refractivity contribution is 0.0559. The highest BCUT2D eigenvalue weighted by atomic mass is 32.2. The molecule has 0 aliphatic heterocycles. The number of anilines is 1. The van der Waals surface area contributed by atoms with Crippen LogP contribution in [0.15, 0.2) is 48.8 Å². The number of aromatic nitrogens is 6. The first-order valence-corrected chi connectivity index (χ1v) is 13.6. The summed E-state index contributed by atoms with van der Waals surface area (Å²) in [6.07, 6.45) is -0.634. The zero-order chi connectivity index (χ0) is 29.7. The van der Waals surface area contributed by atoms with Crippen molar-refractivity contribution in [2.45, 2.75) is 31.8 Å². The van der Waals surface area contributed by atoms with E-state index in [2.05, 4.69) is 29.9 Å². The zero-order valence-electron chi connectivity index (χ0n) is 22.6. The molecule has 0 spiro atoms. The Morgan fingerprint density at radius 1 is 0.951 bits per heavy atom. The van der Waals surface area contributed by atoms with Crippen LogP contribution in [0.25, 0.3) is 17.2 Å². The number of hydrogen-bond acceptors (Lipinski definition) is 11. The SMILES string of the molecule is COc1cccc(-c2nnc(NS(=O)(=O)[C@@H](F)[C@H](OC)c3ncc(C)cn3)n2-c2c(OC)cccc2OC(C)F)n1. The Labute approximate surface area is 234 Å². The summed E-state index contributed by atoms with van der Waals surface area (Å²) in [5.74, 6) is -0.389. The molecule has 0 radical (unpaired) electrons. The van der Waals surface area contributed by atoms with E-state index in [1.165, 1.54) is 38.7 Å². The lowest BCUT2D eigenvalue weighted by atomic mass is 10.2. The summed E-state index contributed by atoms with van der Waals surface area (Å²) < 4.78 is 80.7. The summed E-state index contributed by atoms with van der Waals surface area (Å²) in [6.45, 7) is 2.88. The number of benzene rings is 1. The number of aryl methyl sites for hydroxylation is 1. The van der Waals surface area contributed by atoms with Crippen LogP contribution in [0.5, 0.6) is 17.4 Å². The molecule has 0 amide bonds. The number of alkyl halides is 2. The molecule has 3 aromatic heterocycles. The molecule has 218 valence electrons. The van der Waals surface area contributed by atoms with Gasteiger partial charge in [-0.05, 0) is 30.7 Å². The molecule has 1 aromatic carbocycles. The third kappa shape index (κ3) is 6.33. The van der Waals surface area contributed by atoms with E-state index >= 15 is 4.39 Å². The van der Waals surface area contributed by atoms with E-state index in [0.717, 1.165) is 18.6 Å². The fourth-order valence-electron chi connectivity index (χ4n) is 3.76. The fraction of sp³-hybridized carbons (Fsp3) is 0.320. The molecule has 0 aliphatic rings. The van der Waals surface area contributed by atoms with Crippen molar-refractivity contribution < 1.29 is 36.1 Å². The van der Waals surface area contributed by atoms with Crippen LogP contribution in [-0.2, 0) is 14.8 Å². The number of rotatable bonds is 12. The summed E-state index contributed by atoms with van der Waals surface area (Å²) >= 11 is 0. The molecule has 0 saturated carbocycles. The summed E-state index contributed by atoms with van der Waals surface area (Å²) in [7, 11) is -1.01. The number of halogens is 2. The highest BCUT2D eigenvalue weighted by molar-refractivity contribution is 7.93. The van der Waals surface area contributed by atoms with Crippen LogP contribution in [0.2, 0.25) is 0 Å². The molecule has 41 heavy (non-hydrogen) atoms. The van der Waals surface area contributed by atoms with Crippen molar-refractivity contribution in [1.82, 2.24) is 29.7 Å². The Balaban J connectivity index is 1.87. The second kappa shape index (κ2) is 12.4. The molecule has 0 bridgehead atoms. The molecule has 16 heteroatoms. The lowest BCUT2D eigenvalue weighted by Gasteiger charge is -2.21. The summed E-state index contributed by atoms with van der Waals surface area (Å²) in [5.41, 5.74) is -1.79. The zero-order valence-corrected chi connectivity index (χ0v) is 23.5. The second-order valence-electron chi connectivity index (χ2n) is 8.49. The summed E-state index contributed by atoms with van der Waals surface area (Å²) in [6, 6.07) is 9.27. The average molecular weight is 592 g/mol. The molecule has 3 atom stereocenters. The molecular weight excluding hydrogens is 564 g/mol. The number of nitrogens with one attached hydrogen (secondary N) is 1. The Morgan fingerprint density at radius 2 is 1.63 bits per heavy atom. The first kappa shape index (κ1) is 29.5. The van der Waals surface area contributed by atoms with E-state index in [-0.39, 0.29) is 40.4 Å². The number of methoxy groups -OCH3 is 3. The van der Waals surface area contributed by atoms with Crippen LogP contribution in [0.4, 0.5) is 14.7 Å². The average Bonchev–Trinajstić information content (AvgIpc) is 3.36. The van der Waals surface area contributed by atoms with Gasteiger partial charge in [-0.1, -0.05) is 12.1 Å². The van der Waals surface area contributed by atoms with Crippen molar-refractivity contribution in [3.8, 4) is 34.6 Å². The topological polar surface area (TPSA) is 152 Å². The van der Waals surface area contributed by atoms with E-state index < -0.39 is 33.9 Å². The monoisotopic (exact) mass is 591 g/mol. The minimum absolute atomic E-state index is 0.0161. The highest BCUT2D eigenvalue weighted by Crippen LogP contribution is 2.38. The molecule has 0 saturated heterocycles. The molecule has 0 fully saturated rings. The number of ether oxygens (including phenoxy) is 4. The number of nitrogens with zero attached hydrogens (tertiary/aromatic N) is 6. The summed E-state index contributed by atoms with van der Waals surface area (Å²) in [4.78, 5) is 12.3. The van der Waals surface area contributed by atoms with Crippen LogP contribution in [0.1, 0.15) is 24.4 Å². The number of para-hydroxylation sites is 1. The molecule has 1 unspecified atom stereocenters. The number of sulfonamides is 1. The second-order valence-corrected chi connectivity index (χ2v) is 10.2. The van der Waals surface area contributed by atoms with Gasteiger partial charge in [-0.15, -0.1) is 10.2 Å². The van der Waals surface area contributed by atoms with E-state index in [4.69, 9.17) is 18.9 Å². The molecule has 4 aromatic rings. The van der Waals surface area contributed by atoms with Crippen LogP contribution in [0.3, 0.4) is 0 Å². The molecule has 0 aliphatic carbocycles. The molecule has 13 nitrogen and oxygen atoms in total. The normalized spacial score (nSPS) is 13.7. The van der Waals surface area contributed by atoms with Gasteiger partial charge in [-0.25, -0.2) is 36.9 Å². The van der Waals surface area contributed by atoms with Crippen molar-refractivity contribution in [2.24, 2.45) is 0 Å². The Bertz CT molecular complexity index is 1600. The summed E-state index contributed by atoms with van der Waals surface area (Å²) in [5, 5.41) is 8.05. The first-order chi connectivity index (χ1) is 19.6. The maximum atomic E-state index is 15.6. The minimum Gasteiger partial charge on any atom is -0.494 e. The minimum atomic E-state index is -4.90. The van der Waals surface area contributed by atoms with Crippen molar-refractivity contribution in [2.75, 3.05) is 26.1 Å². The van der Waals surface area contributed by atoms with Gasteiger partial charge in [0.15, 0.2) is 23.5 Å². The van der Waals surface area contributed by atoms with Crippen molar-refractivity contribution in [3.05, 3.63) is 60.2 Å². The van der Waals surface area contributed by atoms with Crippen molar-refractivity contribution >= 4 is 16.0 Å². The third-order valence-corrected chi connectivity index (χ3v) is 6.90. The van der Waals surface area contributed by atoms with Gasteiger partial charge in [-0.2, -0.15) is 0 Å². The van der Waals surface area contributed by atoms with E-state index in [1.807, 2.05) is 0 Å². The van der Waals surface area contributed by atoms with E-state index in [9.17, 15) is 12.8 Å². The van der Waals surface area contributed by atoms with Crippen LogP contribution in [-0.4, -0.2) is 71.3 Å². The van der Waals surface area contributed by atoms with E-state index in [1.54, 1.807) is 31.2 Å². The van der Waals surface area contributed by atoms with Crippen LogP contribution in [0, 0.1) is 6.92 Å². The van der Waals surface area contributed by atoms with Gasteiger partial charge < -0.3 is 18.9 Å². The van der Waals surface area contributed by atoms with Gasteiger partial charge in [0.2, 0.25) is 18.2 Å². The lowest BCUT2D eigenvalue weighted by Crippen LogP contribution is -2.32. The molecular formula is C25H27F2N7O6S. The standard InChI is InChI=1S/C25H27F2N7O6S/c1-14-12-28-23(29-13-14)21(39-5)22(27)41(35,36)33-25-32-31-24(16-8-6-11-19(30-16)38-4)34(25)20-17(37-3)9-7-10-18(20)40-15(2)26/h6-13,15,21-22H,1-5H3,(H,32,33)/t15?,21-,22+/m0/s1. The predicted molar refractivity (Wildman–Crippen MR) is 143 cm³/mol. The quantitative estimate of drug-likeness (QED) is 0.257. The van der Waals surface area contributed by atoms with Crippen molar-refractivity contribution in [1.29, 1.82) is 0 Å². The Hall–Kier alpha value is -4.44. The van der Waals surface area contributed by atoms with Crippen LogP contribution >= 0.6 is 0 Å². The smallest absolute Gasteiger partial charge is 0.270 e. The fourth-order valence-corrected chi connectivity index (χ4v) is 4.82. The van der Waals surface area contributed by atoms with Crippen LogP contribution < -0.4 is 18.9 Å². The molecule has 1 N–H and O–H groups in total. The van der Waals surface area contributed by atoms with Gasteiger partial charge in [0.25, 0.3) is 15.5 Å². The third-order valence-electron chi connectivity index (χ3n) is 5.60. The predicted octanol–water partition coefficient (Wildman–Crippen LogP) is 3.56. The van der Waals surface area contributed by atoms with Crippen molar-refractivity contribution in [3.63, 3.8) is 0 Å². The van der Waals surface area contributed by atoms with E-state index in [0.29, 0.717) is 5.56 Å². The Morgan fingerprint density at radius 3 is 2.27 bits per heavy atom. The van der Waals surface area contributed by atoms with Gasteiger partial charge >= 0.3 is 0 Å². The van der Waals surface area contributed by atoms with Gasteiger partial charge in [0, 0.05) is 32.5 Å². The van der Waals surface area contributed by atoms with Gasteiger partial charge in [0.1, 0.15) is 17.1 Å². The highest BCUT2D eigenvalue weighted by Gasteiger charge is 2.38. The number of hydrogen-bond donors (Lipinski definition) is 1. The maximum Gasteiger partial charge on any atom is 0.270 e.